The first-order valence-corrected chi connectivity index (χ1v) is 6.90. The number of aryl methyl sites for hydroxylation is 2. The first kappa shape index (κ1) is 13.7. The van der Waals surface area contributed by atoms with E-state index < -0.39 is 0 Å². The fourth-order valence-electron chi connectivity index (χ4n) is 2.35. The maximum Gasteiger partial charge on any atom is 0.321 e. The standard InChI is InChI=1S/C15H23N3O/c1-10-4-6-18(7-5-10)15(19)17-14-9-12(3)11(2)8-13(14)16/h8-10H,4-7,16H2,1-3H3,(H,17,19). The molecule has 1 aliphatic heterocycles. The van der Waals surface area contributed by atoms with Gasteiger partial charge in [0.05, 0.1) is 11.4 Å². The lowest BCUT2D eigenvalue weighted by Gasteiger charge is -2.30. The van der Waals surface area contributed by atoms with Crippen molar-refractivity contribution in [2.75, 3.05) is 24.1 Å². The molecule has 1 aromatic rings. The molecule has 104 valence electrons. The third kappa shape index (κ3) is 3.19. The zero-order chi connectivity index (χ0) is 14.0. The van der Waals surface area contributed by atoms with Gasteiger partial charge in [0.2, 0.25) is 0 Å². The van der Waals surface area contributed by atoms with Gasteiger partial charge >= 0.3 is 6.03 Å². The Labute approximate surface area is 115 Å². The predicted molar refractivity (Wildman–Crippen MR) is 79.3 cm³/mol. The van der Waals surface area contributed by atoms with E-state index in [1.807, 2.05) is 30.9 Å². The zero-order valence-electron chi connectivity index (χ0n) is 12.0. The van der Waals surface area contributed by atoms with Crippen LogP contribution in [0.2, 0.25) is 0 Å². The number of likely N-dealkylation sites (tertiary alicyclic amines) is 1. The Morgan fingerprint density at radius 3 is 2.47 bits per heavy atom. The summed E-state index contributed by atoms with van der Waals surface area (Å²) in [4.78, 5) is 14.1. The highest BCUT2D eigenvalue weighted by molar-refractivity contribution is 5.93. The largest absolute Gasteiger partial charge is 0.397 e. The van der Waals surface area contributed by atoms with E-state index in [1.165, 1.54) is 0 Å². The number of nitrogens with zero attached hydrogens (tertiary/aromatic N) is 1. The molecular weight excluding hydrogens is 238 g/mol. The van der Waals surface area contributed by atoms with E-state index >= 15 is 0 Å². The quantitative estimate of drug-likeness (QED) is 0.763. The Hall–Kier alpha value is -1.71. The van der Waals surface area contributed by atoms with E-state index in [-0.39, 0.29) is 6.03 Å². The third-order valence-corrected chi connectivity index (χ3v) is 3.98. The van der Waals surface area contributed by atoms with Crippen LogP contribution in [-0.2, 0) is 0 Å². The van der Waals surface area contributed by atoms with Crippen molar-refractivity contribution in [3.05, 3.63) is 23.3 Å². The highest BCUT2D eigenvalue weighted by Gasteiger charge is 2.20. The maximum absolute atomic E-state index is 12.2. The topological polar surface area (TPSA) is 58.4 Å². The molecule has 0 aromatic heterocycles. The number of nitrogens with two attached hydrogens (primary N) is 1. The predicted octanol–water partition coefficient (Wildman–Crippen LogP) is 3.15. The van der Waals surface area contributed by atoms with Crippen LogP contribution in [0, 0.1) is 19.8 Å². The van der Waals surface area contributed by atoms with Gasteiger partial charge in [-0.05, 0) is 55.9 Å². The Morgan fingerprint density at radius 2 is 1.84 bits per heavy atom. The van der Waals surface area contributed by atoms with Crippen LogP contribution in [0.25, 0.3) is 0 Å². The number of hydrogen-bond donors (Lipinski definition) is 2. The third-order valence-electron chi connectivity index (χ3n) is 3.98. The summed E-state index contributed by atoms with van der Waals surface area (Å²) in [5.74, 6) is 0.718. The van der Waals surface area contributed by atoms with Crippen molar-refractivity contribution in [2.45, 2.75) is 33.6 Å². The molecule has 4 nitrogen and oxygen atoms in total. The van der Waals surface area contributed by atoms with Crippen molar-refractivity contribution >= 4 is 17.4 Å². The molecule has 0 aliphatic carbocycles. The lowest BCUT2D eigenvalue weighted by Crippen LogP contribution is -2.40. The molecule has 0 saturated carbocycles. The van der Waals surface area contributed by atoms with Crippen molar-refractivity contribution in [2.24, 2.45) is 5.92 Å². The Balaban J connectivity index is 2.05. The number of carbonyl (C=O) groups excluding carboxylic acids is 1. The molecule has 0 atom stereocenters. The van der Waals surface area contributed by atoms with Crippen LogP contribution in [0.3, 0.4) is 0 Å². The first-order valence-electron chi connectivity index (χ1n) is 6.90. The van der Waals surface area contributed by atoms with E-state index in [4.69, 9.17) is 5.73 Å². The first-order chi connectivity index (χ1) is 8.97. The van der Waals surface area contributed by atoms with E-state index in [9.17, 15) is 4.79 Å². The number of piperidine rings is 1. The molecule has 1 aliphatic rings. The summed E-state index contributed by atoms with van der Waals surface area (Å²) in [6.07, 6.45) is 2.16. The van der Waals surface area contributed by atoms with Crippen LogP contribution in [-0.4, -0.2) is 24.0 Å². The van der Waals surface area contributed by atoms with Crippen molar-refractivity contribution in [1.29, 1.82) is 0 Å². The fourth-order valence-corrected chi connectivity index (χ4v) is 2.35. The summed E-state index contributed by atoms with van der Waals surface area (Å²) in [7, 11) is 0. The van der Waals surface area contributed by atoms with E-state index in [1.54, 1.807) is 0 Å². The average Bonchev–Trinajstić information content (AvgIpc) is 2.36. The molecule has 0 bridgehead atoms. The monoisotopic (exact) mass is 261 g/mol. The second-order valence-electron chi connectivity index (χ2n) is 5.62. The summed E-state index contributed by atoms with van der Waals surface area (Å²) >= 11 is 0. The fraction of sp³-hybridized carbons (Fsp3) is 0.533. The number of anilines is 2. The number of urea groups is 1. The molecule has 3 N–H and O–H groups in total. The van der Waals surface area contributed by atoms with Gasteiger partial charge in [0.25, 0.3) is 0 Å². The number of rotatable bonds is 1. The Bertz CT molecular complexity index is 477. The zero-order valence-corrected chi connectivity index (χ0v) is 12.0. The Morgan fingerprint density at radius 1 is 1.26 bits per heavy atom. The molecule has 2 rings (SSSR count). The normalized spacial score (nSPS) is 16.5. The SMILES string of the molecule is Cc1cc(N)c(NC(=O)N2CCC(C)CC2)cc1C. The minimum absolute atomic E-state index is 0.0400. The highest BCUT2D eigenvalue weighted by atomic mass is 16.2. The summed E-state index contributed by atoms with van der Waals surface area (Å²) in [5, 5.41) is 2.92. The second kappa shape index (κ2) is 5.51. The molecule has 0 spiro atoms. The summed E-state index contributed by atoms with van der Waals surface area (Å²) in [6, 6.07) is 3.81. The van der Waals surface area contributed by atoms with Crippen LogP contribution in [0.1, 0.15) is 30.9 Å². The summed E-state index contributed by atoms with van der Waals surface area (Å²) < 4.78 is 0. The van der Waals surface area contributed by atoms with Gasteiger partial charge in [0, 0.05) is 13.1 Å². The highest BCUT2D eigenvalue weighted by Crippen LogP contribution is 2.24. The lowest BCUT2D eigenvalue weighted by atomic mass is 10.00. The van der Waals surface area contributed by atoms with E-state index in [0.29, 0.717) is 11.4 Å². The average molecular weight is 261 g/mol. The van der Waals surface area contributed by atoms with Gasteiger partial charge in [-0.2, -0.15) is 0 Å². The number of hydrogen-bond acceptors (Lipinski definition) is 2. The van der Waals surface area contributed by atoms with Crippen LogP contribution in [0.5, 0.6) is 0 Å². The summed E-state index contributed by atoms with van der Waals surface area (Å²) in [6.45, 7) is 7.93. The van der Waals surface area contributed by atoms with Crippen LogP contribution in [0.4, 0.5) is 16.2 Å². The van der Waals surface area contributed by atoms with Gasteiger partial charge in [-0.15, -0.1) is 0 Å². The summed E-state index contributed by atoms with van der Waals surface area (Å²) in [5.41, 5.74) is 9.58. The van der Waals surface area contributed by atoms with Crippen molar-refractivity contribution in [3.63, 3.8) is 0 Å². The number of amides is 2. The minimum Gasteiger partial charge on any atom is -0.397 e. The number of nitrogens with one attached hydrogen (secondary N) is 1. The van der Waals surface area contributed by atoms with E-state index in [2.05, 4.69) is 12.2 Å². The second-order valence-corrected chi connectivity index (χ2v) is 5.62. The molecule has 1 heterocycles. The van der Waals surface area contributed by atoms with Crippen molar-refractivity contribution in [1.82, 2.24) is 4.90 Å². The molecule has 19 heavy (non-hydrogen) atoms. The number of nitrogen functional groups attached to an aromatic ring is 1. The minimum atomic E-state index is -0.0400. The van der Waals surface area contributed by atoms with Gasteiger partial charge in [-0.25, -0.2) is 4.79 Å². The van der Waals surface area contributed by atoms with Crippen LogP contribution >= 0.6 is 0 Å². The van der Waals surface area contributed by atoms with Crippen LogP contribution < -0.4 is 11.1 Å². The molecule has 4 heteroatoms. The molecule has 1 aromatic carbocycles. The van der Waals surface area contributed by atoms with Crippen LogP contribution in [0.15, 0.2) is 12.1 Å². The van der Waals surface area contributed by atoms with Gasteiger partial charge in [0.1, 0.15) is 0 Å². The molecule has 2 amide bonds. The van der Waals surface area contributed by atoms with Gasteiger partial charge < -0.3 is 16.0 Å². The van der Waals surface area contributed by atoms with Gasteiger partial charge in [0.15, 0.2) is 0 Å². The maximum atomic E-state index is 12.2. The smallest absolute Gasteiger partial charge is 0.321 e. The number of benzene rings is 1. The van der Waals surface area contributed by atoms with E-state index in [0.717, 1.165) is 43.0 Å². The number of carbonyl (C=O) groups is 1. The molecule has 0 radical (unpaired) electrons. The molecule has 1 fully saturated rings. The Kier molecular flexibility index (Phi) is 3.98. The lowest BCUT2D eigenvalue weighted by molar-refractivity contribution is 0.186. The van der Waals surface area contributed by atoms with Gasteiger partial charge in [-0.3, -0.25) is 0 Å². The molecular formula is C15H23N3O. The van der Waals surface area contributed by atoms with Gasteiger partial charge in [-0.1, -0.05) is 6.92 Å². The molecule has 0 unspecified atom stereocenters. The molecule has 1 saturated heterocycles. The van der Waals surface area contributed by atoms with Crippen molar-refractivity contribution < 1.29 is 4.79 Å². The van der Waals surface area contributed by atoms with Crippen molar-refractivity contribution in [3.8, 4) is 0 Å².